The van der Waals surface area contributed by atoms with Crippen LogP contribution in [0.15, 0.2) is 42.9 Å². The molecule has 0 radical (unpaired) electrons. The molecule has 1 aromatic carbocycles. The van der Waals surface area contributed by atoms with Gasteiger partial charge in [0.05, 0.1) is 44.7 Å². The molecule has 2 atom stereocenters. The molecule has 1 aliphatic heterocycles. The van der Waals surface area contributed by atoms with Crippen molar-refractivity contribution < 1.29 is 27.4 Å². The third kappa shape index (κ3) is 7.34. The van der Waals surface area contributed by atoms with Crippen LogP contribution in [0.4, 0.5) is 22.1 Å². The summed E-state index contributed by atoms with van der Waals surface area (Å²) in [4.78, 5) is 37.6. The number of methoxy groups -OCH3 is 2. The van der Waals surface area contributed by atoms with Gasteiger partial charge in [-0.05, 0) is 53.7 Å². The molecule has 1 saturated heterocycles. The molecule has 16 heteroatoms. The number of nitrogens with zero attached hydrogens (tertiary/aromatic N) is 9. The fourth-order valence-electron chi connectivity index (χ4n) is 5.87. The number of anilines is 3. The lowest BCUT2D eigenvalue weighted by Gasteiger charge is -2.44. The number of aromatic nitrogens is 5. The Hall–Kier alpha value is -4.70. The van der Waals surface area contributed by atoms with Gasteiger partial charge in [0.2, 0.25) is 0 Å². The number of carbonyl (C=O) groups is 1. The number of carbonyl (C=O) groups excluding carboxylic acids is 1. The van der Waals surface area contributed by atoms with Gasteiger partial charge in [-0.2, -0.15) is 12.7 Å². The molecule has 4 heterocycles. The Morgan fingerprint density at radius 3 is 2.33 bits per heavy atom. The van der Waals surface area contributed by atoms with E-state index in [0.717, 1.165) is 13.8 Å². The highest BCUT2D eigenvalue weighted by Crippen LogP contribution is 2.38. The number of benzene rings is 1. The van der Waals surface area contributed by atoms with Crippen LogP contribution in [0.3, 0.4) is 0 Å². The maximum absolute atomic E-state index is 13.2. The van der Waals surface area contributed by atoms with Crippen molar-refractivity contribution in [2.75, 3.05) is 51.2 Å². The van der Waals surface area contributed by atoms with Crippen LogP contribution < -0.4 is 19.3 Å². The van der Waals surface area contributed by atoms with Crippen LogP contribution in [0.25, 0.3) is 11.2 Å². The van der Waals surface area contributed by atoms with E-state index < -0.39 is 15.8 Å². The predicted octanol–water partition coefficient (Wildman–Crippen LogP) is 4.37. The third-order valence-electron chi connectivity index (χ3n) is 8.25. The van der Waals surface area contributed by atoms with E-state index in [9.17, 15) is 13.2 Å². The van der Waals surface area contributed by atoms with Gasteiger partial charge in [-0.15, -0.1) is 0 Å². The number of amides is 1. The molecule has 0 aliphatic carbocycles. The second kappa shape index (κ2) is 13.7. The molecule has 3 aromatic heterocycles. The summed E-state index contributed by atoms with van der Waals surface area (Å²) in [6.45, 7) is 12.5. The van der Waals surface area contributed by atoms with E-state index in [2.05, 4.69) is 14.9 Å². The molecule has 2 unspecified atom stereocenters. The quantitative estimate of drug-likeness (QED) is 0.245. The molecule has 1 aliphatic rings. The van der Waals surface area contributed by atoms with E-state index in [1.165, 1.54) is 26.5 Å². The minimum absolute atomic E-state index is 0.0323. The van der Waals surface area contributed by atoms with E-state index >= 15 is 0 Å². The van der Waals surface area contributed by atoms with Gasteiger partial charge < -0.3 is 24.0 Å². The number of ether oxygens (including phenoxy) is 3. The molecule has 0 N–H and O–H groups in total. The molecular weight excluding hydrogens is 650 g/mol. The molecule has 264 valence electrons. The van der Waals surface area contributed by atoms with Gasteiger partial charge in [0.25, 0.3) is 0 Å². The van der Waals surface area contributed by atoms with E-state index in [4.69, 9.17) is 24.2 Å². The summed E-state index contributed by atoms with van der Waals surface area (Å²) in [6, 6.07) is 6.97. The zero-order valence-electron chi connectivity index (χ0n) is 29.7. The lowest BCUT2D eigenvalue weighted by Crippen LogP contribution is -2.59. The smallest absolute Gasteiger partial charge is 0.410 e. The first-order chi connectivity index (χ1) is 23.0. The lowest BCUT2D eigenvalue weighted by molar-refractivity contribution is 0.00559. The van der Waals surface area contributed by atoms with Crippen molar-refractivity contribution in [1.82, 2.24) is 33.1 Å². The van der Waals surface area contributed by atoms with Crippen molar-refractivity contribution in [3.8, 4) is 11.5 Å². The summed E-state index contributed by atoms with van der Waals surface area (Å²) in [5, 5.41) is 0. The van der Waals surface area contributed by atoms with E-state index in [1.54, 1.807) is 37.4 Å². The van der Waals surface area contributed by atoms with Gasteiger partial charge in [0.15, 0.2) is 5.65 Å². The summed E-state index contributed by atoms with van der Waals surface area (Å²) in [5.41, 5.74) is 1.84. The Balaban J connectivity index is 1.55. The van der Waals surface area contributed by atoms with Crippen molar-refractivity contribution in [2.45, 2.75) is 65.8 Å². The van der Waals surface area contributed by atoms with Gasteiger partial charge >= 0.3 is 16.3 Å². The van der Waals surface area contributed by atoms with Gasteiger partial charge in [-0.1, -0.05) is 0 Å². The highest BCUT2D eigenvalue weighted by molar-refractivity contribution is 7.87. The minimum Gasteiger partial charge on any atom is -0.497 e. The Labute approximate surface area is 287 Å². The van der Waals surface area contributed by atoms with E-state index in [0.29, 0.717) is 53.1 Å². The summed E-state index contributed by atoms with van der Waals surface area (Å²) in [5.74, 6) is 2.50. The molecule has 49 heavy (non-hydrogen) atoms. The summed E-state index contributed by atoms with van der Waals surface area (Å²) >= 11 is 0. The second-order valence-corrected chi connectivity index (χ2v) is 15.2. The van der Waals surface area contributed by atoms with Crippen molar-refractivity contribution >= 4 is 44.8 Å². The Morgan fingerprint density at radius 2 is 1.71 bits per heavy atom. The van der Waals surface area contributed by atoms with Crippen LogP contribution in [-0.2, 0) is 21.5 Å². The van der Waals surface area contributed by atoms with Crippen molar-refractivity contribution in [2.24, 2.45) is 0 Å². The SMILES string of the molecule is COc1cc(OC)c(C)c(N(Cc2nccn2S(=O)(=O)N(C)C)c2ccc3ncc(N4CC(C)N(C(=O)OC(C)(C)C)C(C)C4)nc3n2)c1. The van der Waals surface area contributed by atoms with Crippen LogP contribution in [0, 0.1) is 6.92 Å². The first-order valence-electron chi connectivity index (χ1n) is 15.9. The largest absolute Gasteiger partial charge is 0.497 e. The monoisotopic (exact) mass is 695 g/mol. The van der Waals surface area contributed by atoms with Crippen LogP contribution >= 0.6 is 0 Å². The normalized spacial score (nSPS) is 17.0. The summed E-state index contributed by atoms with van der Waals surface area (Å²) < 4.78 is 45.6. The number of imidazole rings is 1. The lowest BCUT2D eigenvalue weighted by atomic mass is 10.1. The molecule has 15 nitrogen and oxygen atoms in total. The summed E-state index contributed by atoms with van der Waals surface area (Å²) in [7, 11) is 2.21. The predicted molar refractivity (Wildman–Crippen MR) is 187 cm³/mol. The van der Waals surface area contributed by atoms with Crippen LogP contribution in [-0.4, -0.2) is 107 Å². The van der Waals surface area contributed by atoms with Crippen LogP contribution in [0.1, 0.15) is 46.0 Å². The highest BCUT2D eigenvalue weighted by atomic mass is 32.2. The summed E-state index contributed by atoms with van der Waals surface area (Å²) in [6.07, 6.45) is 4.23. The van der Waals surface area contributed by atoms with E-state index in [-0.39, 0.29) is 30.5 Å². The maximum Gasteiger partial charge on any atom is 0.410 e. The fourth-order valence-corrected chi connectivity index (χ4v) is 6.81. The fraction of sp³-hybridized carbons (Fsp3) is 0.485. The molecule has 5 rings (SSSR count). The zero-order chi connectivity index (χ0) is 35.8. The average Bonchev–Trinajstić information content (AvgIpc) is 3.51. The number of hydrogen-bond donors (Lipinski definition) is 0. The molecule has 0 saturated carbocycles. The average molecular weight is 696 g/mol. The third-order valence-corrected chi connectivity index (χ3v) is 10.00. The van der Waals surface area contributed by atoms with Crippen molar-refractivity contribution in [3.63, 3.8) is 0 Å². The van der Waals surface area contributed by atoms with Crippen LogP contribution in [0.5, 0.6) is 11.5 Å². The first-order valence-corrected chi connectivity index (χ1v) is 17.3. The van der Waals surface area contributed by atoms with Gasteiger partial charge in [-0.25, -0.2) is 28.7 Å². The van der Waals surface area contributed by atoms with Gasteiger partial charge in [-0.3, -0.25) is 4.90 Å². The van der Waals surface area contributed by atoms with Crippen molar-refractivity contribution in [1.29, 1.82) is 0 Å². The van der Waals surface area contributed by atoms with E-state index in [1.807, 2.05) is 58.6 Å². The Morgan fingerprint density at radius 1 is 1.02 bits per heavy atom. The standard InChI is InChI=1S/C33H45N9O6S/c1-21-18-39(19-22(2)42(21)32(43)48-33(4,5)6)29-17-35-25-11-12-28(36-31(25)37-29)40(26-15-24(46-9)16-27(47-10)23(26)3)20-30-34-13-14-41(30)49(44,45)38(7)8/h11-17,21-22H,18-20H2,1-10H3. The number of pyridine rings is 1. The minimum atomic E-state index is -3.86. The number of hydrogen-bond acceptors (Lipinski definition) is 12. The highest BCUT2D eigenvalue weighted by Gasteiger charge is 2.36. The molecule has 1 amide bonds. The van der Waals surface area contributed by atoms with Crippen molar-refractivity contribution in [3.05, 3.63) is 54.2 Å². The molecule has 1 fully saturated rings. The zero-order valence-corrected chi connectivity index (χ0v) is 30.5. The van der Waals surface area contributed by atoms with Gasteiger partial charge in [0, 0.05) is 57.3 Å². The molecule has 4 aromatic rings. The Kier molecular flexibility index (Phi) is 9.93. The van der Waals surface area contributed by atoms with Crippen LogP contribution in [0.2, 0.25) is 0 Å². The molecular formula is C33H45N9O6S. The molecule has 0 spiro atoms. The second-order valence-electron chi connectivity index (χ2n) is 13.2. The van der Waals surface area contributed by atoms with Gasteiger partial charge in [0.1, 0.15) is 40.1 Å². The number of piperazine rings is 1. The Bertz CT molecular complexity index is 1930. The molecule has 0 bridgehead atoms. The number of rotatable bonds is 9. The number of fused-ring (bicyclic) bond motifs is 1. The topological polar surface area (TPSA) is 148 Å². The first kappa shape index (κ1) is 35.6. The maximum atomic E-state index is 13.2.